The van der Waals surface area contributed by atoms with Crippen molar-refractivity contribution < 1.29 is 104 Å². The Morgan fingerprint density at radius 1 is 0.613 bits per heavy atom. The first-order valence-electron chi connectivity index (χ1n) is 17.2. The minimum Gasteiger partial charge on any atom is -0.478 e. The maximum atomic E-state index is 10.3. The van der Waals surface area contributed by atoms with Crippen LogP contribution < -0.4 is 5.73 Å². The molecule has 1 aliphatic carbocycles. The minimum atomic E-state index is -1.33. The van der Waals surface area contributed by atoms with Gasteiger partial charge in [0.25, 0.3) is 0 Å². The highest BCUT2D eigenvalue weighted by atomic mass is 16.5. The Morgan fingerprint density at radius 2 is 0.871 bits per heavy atom. The van der Waals surface area contributed by atoms with E-state index in [1.165, 1.54) is 0 Å². The van der Waals surface area contributed by atoms with E-state index in [2.05, 4.69) is 69.4 Å². The predicted molar refractivity (Wildman–Crippen MR) is 220 cm³/mol. The molecule has 1 aliphatic rings. The highest BCUT2D eigenvalue weighted by Gasteiger charge is 2.41. The molecule has 24 heteroatoms. The van der Waals surface area contributed by atoms with Gasteiger partial charge < -0.3 is 71.7 Å². The van der Waals surface area contributed by atoms with Gasteiger partial charge in [-0.1, -0.05) is 53.7 Å². The lowest BCUT2D eigenvalue weighted by Gasteiger charge is -2.44. The molecule has 0 aromatic carbocycles. The molecule has 0 aromatic heterocycles. The van der Waals surface area contributed by atoms with E-state index >= 15 is 0 Å². The number of aliphatic carboxylic acids is 5. The third-order valence-electron chi connectivity index (χ3n) is 6.88. The second-order valence-electron chi connectivity index (χ2n) is 13.3. The van der Waals surface area contributed by atoms with Gasteiger partial charge in [-0.3, -0.25) is 0 Å². The Kier molecular flexibility index (Phi) is 48.7. The van der Waals surface area contributed by atoms with Crippen molar-refractivity contribution in [2.24, 2.45) is 37.4 Å². The van der Waals surface area contributed by atoms with Crippen LogP contribution in [-0.2, 0) is 38.3 Å². The van der Waals surface area contributed by atoms with Crippen molar-refractivity contribution >= 4 is 48.1 Å². The zero-order valence-electron chi connectivity index (χ0n) is 35.0. The first-order chi connectivity index (χ1) is 28.6. The van der Waals surface area contributed by atoms with E-state index < -0.39 is 86.4 Å². The fourth-order valence-corrected chi connectivity index (χ4v) is 4.15. The van der Waals surface area contributed by atoms with Crippen LogP contribution in [0.1, 0.15) is 40.0 Å². The Morgan fingerprint density at radius 3 is 1.06 bits per heavy atom. The topological polar surface area (TPSA) is 439 Å². The number of isocyanates is 2. The number of amides is 1. The monoisotopic (exact) mass is 897 g/mol. The Labute approximate surface area is 358 Å². The maximum absolute atomic E-state index is 10.3. The number of carboxylic acid groups (broad SMARTS) is 6. The lowest BCUT2D eigenvalue weighted by Crippen LogP contribution is -2.43. The summed E-state index contributed by atoms with van der Waals surface area (Å²) in [6.07, 6.45) is 8.71. The highest BCUT2D eigenvalue weighted by molar-refractivity contribution is 5.80. The van der Waals surface area contributed by atoms with Crippen molar-refractivity contribution in [3.05, 3.63) is 63.3 Å². The van der Waals surface area contributed by atoms with Crippen LogP contribution >= 0.6 is 0 Å². The summed E-state index contributed by atoms with van der Waals surface area (Å²) in [5.41, 5.74) is 1.76. The fraction of sp³-hybridized carbons (Fsp3) is 0.526. The van der Waals surface area contributed by atoms with E-state index in [4.69, 9.17) is 70.8 Å². The van der Waals surface area contributed by atoms with Gasteiger partial charge in [-0.25, -0.2) is 48.3 Å². The summed E-state index contributed by atoms with van der Waals surface area (Å²) in [5.74, 6) is -4.91. The standard InChI is InChI=1S/C12H18N2O2.C10H22O7.5C3H4O2.CH3NO2/c1-11(2)4-10(14-9-16)5-12(3,6-11)7-13-8-15;11-1-9(2-12,3-13)7-17-8-10(4-14,5-15)6-16;5*1-2-3(4)5;2-1(3)4/h10H,4-7H2,1-3H3;11-16H,1-8H2;5*2H,1H2,(H,4,5);2H2,(H,3,4). The summed E-state index contributed by atoms with van der Waals surface area (Å²) < 4.78 is 5.15. The van der Waals surface area contributed by atoms with Crippen LogP contribution in [0.5, 0.6) is 0 Å². The average molecular weight is 898 g/mol. The van der Waals surface area contributed by atoms with Crippen LogP contribution in [0.15, 0.2) is 73.3 Å². The van der Waals surface area contributed by atoms with Crippen LogP contribution in [0.3, 0.4) is 0 Å². The van der Waals surface area contributed by atoms with Gasteiger partial charge in [-0.05, 0) is 30.1 Å². The summed E-state index contributed by atoms with van der Waals surface area (Å²) in [6.45, 7) is 18.7. The molecular formula is C38H63N3O21. The van der Waals surface area contributed by atoms with Crippen molar-refractivity contribution in [2.75, 3.05) is 59.4 Å². The van der Waals surface area contributed by atoms with E-state index in [-0.39, 0.29) is 30.1 Å². The molecule has 1 saturated carbocycles. The summed E-state index contributed by atoms with van der Waals surface area (Å²) >= 11 is 0. The van der Waals surface area contributed by atoms with E-state index in [0.717, 1.165) is 49.6 Å². The van der Waals surface area contributed by atoms with Crippen LogP contribution in [0.4, 0.5) is 4.79 Å². The number of rotatable bonds is 18. The van der Waals surface area contributed by atoms with Gasteiger partial charge in [0, 0.05) is 30.4 Å². The first kappa shape index (κ1) is 70.4. The smallest absolute Gasteiger partial charge is 0.402 e. The maximum Gasteiger partial charge on any atom is 0.402 e. The van der Waals surface area contributed by atoms with Gasteiger partial charge in [0.1, 0.15) is 0 Å². The lowest BCUT2D eigenvalue weighted by molar-refractivity contribution is -0.132. The molecule has 2 atom stereocenters. The van der Waals surface area contributed by atoms with Gasteiger partial charge in [-0.2, -0.15) is 0 Å². The number of nitrogens with two attached hydrogens (primary N) is 1. The Balaban J connectivity index is -0.000000122. The second kappa shape index (κ2) is 42.9. The SMILES string of the molecule is C=CC(=O)O.C=CC(=O)O.C=CC(=O)O.C=CC(=O)O.C=CC(=O)O.CC1(C)CC(N=C=O)CC(C)(CN=C=O)C1.NC(=O)O.OCC(CO)(CO)COCC(CO)(CO)CO. The molecule has 0 heterocycles. The number of primary amides is 1. The third-order valence-corrected chi connectivity index (χ3v) is 6.88. The molecule has 0 aromatic rings. The number of aliphatic hydroxyl groups is 6. The average Bonchev–Trinajstić information content (AvgIpc) is 3.21. The van der Waals surface area contributed by atoms with Crippen LogP contribution in [0.2, 0.25) is 0 Å². The van der Waals surface area contributed by atoms with Crippen molar-refractivity contribution in [3.8, 4) is 0 Å². The first-order valence-corrected chi connectivity index (χ1v) is 17.2. The Hall–Kier alpha value is -6.20. The molecule has 62 heavy (non-hydrogen) atoms. The zero-order chi connectivity index (χ0) is 50.6. The number of aliphatic imine (C=N–C) groups is 2. The summed E-state index contributed by atoms with van der Waals surface area (Å²) in [4.78, 5) is 83.1. The molecule has 356 valence electrons. The minimum absolute atomic E-state index is 0.00750. The van der Waals surface area contributed by atoms with Crippen molar-refractivity contribution in [3.63, 3.8) is 0 Å². The molecule has 0 aliphatic heterocycles. The molecule has 0 spiro atoms. The number of hydrogen-bond donors (Lipinski definition) is 13. The zero-order valence-corrected chi connectivity index (χ0v) is 35.0. The summed E-state index contributed by atoms with van der Waals surface area (Å²) in [5, 5.41) is 99.4. The van der Waals surface area contributed by atoms with Crippen LogP contribution in [-0.4, -0.2) is 175 Å². The number of nitrogens with zero attached hydrogens (tertiary/aromatic N) is 2. The van der Waals surface area contributed by atoms with Crippen molar-refractivity contribution in [1.29, 1.82) is 0 Å². The molecule has 1 rings (SSSR count). The number of carboxylic acids is 5. The van der Waals surface area contributed by atoms with Gasteiger partial charge in [0.05, 0.1) is 76.3 Å². The summed E-state index contributed by atoms with van der Waals surface area (Å²) in [6, 6.07) is 0.00750. The highest BCUT2D eigenvalue weighted by Crippen LogP contribution is 2.47. The van der Waals surface area contributed by atoms with Crippen LogP contribution in [0.25, 0.3) is 0 Å². The lowest BCUT2D eigenvalue weighted by atomic mass is 9.63. The van der Waals surface area contributed by atoms with Gasteiger partial charge in [-0.15, -0.1) is 0 Å². The van der Waals surface area contributed by atoms with E-state index in [1.54, 1.807) is 12.2 Å². The molecule has 24 nitrogen and oxygen atoms in total. The third kappa shape index (κ3) is 51.8. The number of aliphatic hydroxyl groups excluding tert-OH is 6. The number of carbonyl (C=O) groups excluding carboxylic acids is 2. The van der Waals surface area contributed by atoms with Gasteiger partial charge >= 0.3 is 35.9 Å². The molecule has 14 N–H and O–H groups in total. The number of carbonyl (C=O) groups is 6. The molecule has 2 unspecified atom stereocenters. The van der Waals surface area contributed by atoms with Crippen molar-refractivity contribution in [2.45, 2.75) is 46.1 Å². The number of hydrogen-bond acceptors (Lipinski definition) is 17. The van der Waals surface area contributed by atoms with E-state index in [0.29, 0.717) is 6.54 Å². The predicted octanol–water partition coefficient (Wildman–Crippen LogP) is 0.0807. The quantitative estimate of drug-likeness (QED) is 0.0492. The molecule has 1 amide bonds. The molecular weight excluding hydrogens is 834 g/mol. The Bertz CT molecular complexity index is 1300. The van der Waals surface area contributed by atoms with Crippen molar-refractivity contribution in [1.82, 2.24) is 0 Å². The van der Waals surface area contributed by atoms with Crippen LogP contribution in [0, 0.1) is 21.7 Å². The molecule has 0 radical (unpaired) electrons. The van der Waals surface area contributed by atoms with E-state index in [9.17, 15) is 33.6 Å². The van der Waals surface area contributed by atoms with Gasteiger partial charge in [0.2, 0.25) is 12.2 Å². The normalized spacial score (nSPS) is 14.9. The fourth-order valence-electron chi connectivity index (χ4n) is 4.15. The number of ether oxygens (including phenoxy) is 1. The molecule has 0 saturated heterocycles. The molecule has 1 fully saturated rings. The summed E-state index contributed by atoms with van der Waals surface area (Å²) in [7, 11) is 0. The second-order valence-corrected chi connectivity index (χ2v) is 13.3. The van der Waals surface area contributed by atoms with E-state index in [1.807, 2.05) is 0 Å². The largest absolute Gasteiger partial charge is 0.478 e. The van der Waals surface area contributed by atoms with Gasteiger partial charge in [0.15, 0.2) is 0 Å². The molecule has 0 bridgehead atoms.